The number of aromatic nitrogens is 8. The third kappa shape index (κ3) is 3.16. The maximum atomic E-state index is 13.1. The van der Waals surface area contributed by atoms with Gasteiger partial charge in [-0.3, -0.25) is 4.79 Å². The first-order chi connectivity index (χ1) is 17.6. The third-order valence-electron chi connectivity index (χ3n) is 7.77. The van der Waals surface area contributed by atoms with E-state index in [1.54, 1.807) is 23.1 Å². The lowest BCUT2D eigenvalue weighted by molar-refractivity contribution is 0.0557. The van der Waals surface area contributed by atoms with Gasteiger partial charge >= 0.3 is 0 Å². The van der Waals surface area contributed by atoms with Crippen LogP contribution in [0.15, 0.2) is 24.9 Å². The fraction of sp³-hybridized carbons (Fsp3) is 0.417. The maximum absolute atomic E-state index is 13.1. The Morgan fingerprint density at radius 3 is 2.47 bits per heavy atom. The predicted octanol–water partition coefficient (Wildman–Crippen LogP) is 2.19. The number of carbonyl (C=O) groups excluding carboxylic acids is 1. The van der Waals surface area contributed by atoms with Gasteiger partial charge in [-0.2, -0.15) is 14.9 Å². The van der Waals surface area contributed by atoms with Crippen LogP contribution in [0.3, 0.4) is 0 Å². The zero-order valence-electron chi connectivity index (χ0n) is 19.4. The van der Waals surface area contributed by atoms with Gasteiger partial charge in [-0.15, -0.1) is 10.2 Å². The van der Waals surface area contributed by atoms with E-state index in [4.69, 9.17) is 16.0 Å². The molecule has 2 saturated heterocycles. The number of piperidine rings is 1. The van der Waals surface area contributed by atoms with Crippen molar-refractivity contribution in [3.63, 3.8) is 0 Å². The van der Waals surface area contributed by atoms with Gasteiger partial charge < -0.3 is 15.6 Å². The number of nitrogens with two attached hydrogens (primary N) is 1. The summed E-state index contributed by atoms with van der Waals surface area (Å²) in [6.45, 7) is 0. The number of rotatable bonds is 4. The topological polar surface area (TPSA) is 168 Å². The van der Waals surface area contributed by atoms with Crippen molar-refractivity contribution >= 4 is 17.4 Å². The van der Waals surface area contributed by atoms with E-state index in [1.165, 1.54) is 6.33 Å². The number of carbonyl (C=O) groups is 1. The van der Waals surface area contributed by atoms with Crippen LogP contribution in [-0.4, -0.2) is 62.6 Å². The van der Waals surface area contributed by atoms with Crippen molar-refractivity contribution in [3.05, 3.63) is 47.8 Å². The number of nitrogens with zero attached hydrogens (tertiary/aromatic N) is 9. The molecular weight excluding hydrogens is 458 g/mol. The van der Waals surface area contributed by atoms with Gasteiger partial charge in [0.15, 0.2) is 5.65 Å². The lowest BCUT2D eigenvalue weighted by atomic mass is 9.85. The number of hydrogen-bond donors (Lipinski definition) is 2. The molecule has 0 spiro atoms. The Morgan fingerprint density at radius 2 is 1.83 bits per heavy atom. The van der Waals surface area contributed by atoms with Gasteiger partial charge in [-0.25, -0.2) is 15.0 Å². The van der Waals surface area contributed by atoms with Crippen molar-refractivity contribution in [1.82, 2.24) is 44.6 Å². The molecule has 4 aromatic rings. The summed E-state index contributed by atoms with van der Waals surface area (Å²) in [4.78, 5) is 31.3. The van der Waals surface area contributed by atoms with Crippen molar-refractivity contribution < 1.29 is 4.79 Å². The molecule has 1 aliphatic carbocycles. The van der Waals surface area contributed by atoms with Crippen molar-refractivity contribution in [2.45, 2.75) is 62.4 Å². The van der Waals surface area contributed by atoms with Crippen LogP contribution in [0, 0.1) is 11.3 Å². The van der Waals surface area contributed by atoms with E-state index in [2.05, 4.69) is 30.2 Å². The van der Waals surface area contributed by atoms with Crippen LogP contribution < -0.4 is 5.73 Å². The maximum Gasteiger partial charge on any atom is 0.292 e. The highest BCUT2D eigenvalue weighted by Gasteiger charge is 2.46. The van der Waals surface area contributed by atoms with Gasteiger partial charge in [-0.05, 0) is 44.4 Å². The molecule has 7 rings (SSSR count). The van der Waals surface area contributed by atoms with E-state index >= 15 is 0 Å². The number of fused-ring (bicyclic) bond motifs is 3. The minimum Gasteiger partial charge on any atom is -0.383 e. The summed E-state index contributed by atoms with van der Waals surface area (Å²) in [5.74, 6) is 1.55. The van der Waals surface area contributed by atoms with Crippen molar-refractivity contribution in [2.24, 2.45) is 0 Å². The smallest absolute Gasteiger partial charge is 0.292 e. The van der Waals surface area contributed by atoms with Gasteiger partial charge in [-0.1, -0.05) is 0 Å². The zero-order chi connectivity index (χ0) is 24.4. The van der Waals surface area contributed by atoms with Crippen LogP contribution in [0.25, 0.3) is 16.8 Å². The van der Waals surface area contributed by atoms with E-state index in [0.29, 0.717) is 23.2 Å². The summed E-state index contributed by atoms with van der Waals surface area (Å²) in [6, 6.07) is 2.21. The fourth-order valence-corrected chi connectivity index (χ4v) is 6.04. The average molecular weight is 482 g/mol. The molecule has 0 aromatic carbocycles. The van der Waals surface area contributed by atoms with Crippen LogP contribution in [-0.2, 0) is 0 Å². The molecule has 3 atom stereocenters. The predicted molar refractivity (Wildman–Crippen MR) is 126 cm³/mol. The number of nitriles is 1. The molecule has 3 fully saturated rings. The summed E-state index contributed by atoms with van der Waals surface area (Å²) < 4.78 is 1.71. The first-order valence-corrected chi connectivity index (χ1v) is 12.2. The van der Waals surface area contributed by atoms with Gasteiger partial charge in [0.1, 0.15) is 18.2 Å². The van der Waals surface area contributed by atoms with Crippen LogP contribution in [0.5, 0.6) is 0 Å². The molecule has 1 saturated carbocycles. The number of nitrogens with one attached hydrogen (secondary N) is 1. The van der Waals surface area contributed by atoms with Gasteiger partial charge in [0.25, 0.3) is 5.91 Å². The van der Waals surface area contributed by atoms with E-state index in [1.807, 2.05) is 11.0 Å². The molecule has 12 heteroatoms. The summed E-state index contributed by atoms with van der Waals surface area (Å²) in [5, 5.41) is 21.3. The molecule has 0 radical (unpaired) electrons. The van der Waals surface area contributed by atoms with Crippen molar-refractivity contribution in [3.8, 4) is 17.2 Å². The van der Waals surface area contributed by atoms with Gasteiger partial charge in [0.05, 0.1) is 11.9 Å². The highest BCUT2D eigenvalue weighted by molar-refractivity contribution is 5.91. The van der Waals surface area contributed by atoms with Crippen LogP contribution in [0.2, 0.25) is 0 Å². The first kappa shape index (κ1) is 20.9. The molecule has 3 aliphatic rings. The van der Waals surface area contributed by atoms with Crippen LogP contribution in [0.4, 0.5) is 5.82 Å². The standard InChI is InChI=1S/C24H23N11O/c25-7-18-27-8-14(9-28-18)17-10-31-35-21(26)19(12-1-2-12)20(32-23(17)35)13-5-15-3-4-16(6-13)34(15)24(36)22-29-11-30-33-22/h8-13,15-16H,1-6,26H2,(H,29,30,33)/t13-,15+,16-. The summed E-state index contributed by atoms with van der Waals surface area (Å²) in [6.07, 6.45) is 12.2. The Morgan fingerprint density at radius 1 is 1.08 bits per heavy atom. The Kier molecular flexibility index (Phi) is 4.54. The molecule has 3 N–H and O–H groups in total. The highest BCUT2D eigenvalue weighted by Crippen LogP contribution is 2.50. The molecule has 2 aliphatic heterocycles. The Bertz CT molecular complexity index is 1500. The van der Waals surface area contributed by atoms with Crippen LogP contribution >= 0.6 is 0 Å². The molecule has 12 nitrogen and oxygen atoms in total. The molecule has 36 heavy (non-hydrogen) atoms. The lowest BCUT2D eigenvalue weighted by Gasteiger charge is -2.39. The number of nitrogen functional groups attached to an aromatic ring is 1. The summed E-state index contributed by atoms with van der Waals surface area (Å²) in [7, 11) is 0. The van der Waals surface area contributed by atoms with Crippen molar-refractivity contribution in [2.75, 3.05) is 5.73 Å². The number of aromatic amines is 1. The SMILES string of the molecule is N#Cc1ncc(-c2cnn3c(N)c(C4CC4)c([C@H]4C[C@H]5CC[C@@H](C4)N5C(=O)c4nnc[nH]4)nc23)cn1. The van der Waals surface area contributed by atoms with E-state index in [0.717, 1.165) is 60.9 Å². The molecule has 1 amide bonds. The van der Waals surface area contributed by atoms with Crippen LogP contribution in [0.1, 0.15) is 78.1 Å². The largest absolute Gasteiger partial charge is 0.383 e. The Hall–Kier alpha value is -4.40. The third-order valence-corrected chi connectivity index (χ3v) is 7.77. The summed E-state index contributed by atoms with van der Waals surface area (Å²) in [5.41, 5.74) is 11.0. The number of amides is 1. The van der Waals surface area contributed by atoms with E-state index in [-0.39, 0.29) is 29.7 Å². The molecule has 4 aromatic heterocycles. The molecule has 0 unspecified atom stereocenters. The number of H-pyrrole nitrogens is 1. The Labute approximate surface area is 205 Å². The summed E-state index contributed by atoms with van der Waals surface area (Å²) >= 11 is 0. The molecule has 180 valence electrons. The Balaban J connectivity index is 1.28. The van der Waals surface area contributed by atoms with E-state index < -0.39 is 0 Å². The van der Waals surface area contributed by atoms with E-state index in [9.17, 15) is 4.79 Å². The molecular formula is C24H23N11O. The second-order valence-corrected chi connectivity index (χ2v) is 9.87. The second kappa shape index (κ2) is 7.81. The number of hydrogen-bond acceptors (Lipinski definition) is 9. The first-order valence-electron chi connectivity index (χ1n) is 12.2. The quantitative estimate of drug-likeness (QED) is 0.444. The van der Waals surface area contributed by atoms with Crippen molar-refractivity contribution in [1.29, 1.82) is 5.26 Å². The average Bonchev–Trinajstić information content (AvgIpc) is 3.30. The lowest BCUT2D eigenvalue weighted by Crippen LogP contribution is -2.46. The molecule has 6 heterocycles. The zero-order valence-corrected chi connectivity index (χ0v) is 19.4. The normalized spacial score (nSPS) is 23.2. The second-order valence-electron chi connectivity index (χ2n) is 9.87. The number of anilines is 1. The fourth-order valence-electron chi connectivity index (χ4n) is 6.04. The van der Waals surface area contributed by atoms with Gasteiger partial charge in [0, 0.05) is 47.1 Å². The van der Waals surface area contributed by atoms with Gasteiger partial charge in [0.2, 0.25) is 11.6 Å². The monoisotopic (exact) mass is 481 g/mol. The minimum absolute atomic E-state index is 0.0808. The molecule has 2 bridgehead atoms. The highest BCUT2D eigenvalue weighted by atomic mass is 16.2. The minimum atomic E-state index is -0.0808.